The van der Waals surface area contributed by atoms with E-state index in [1.807, 2.05) is 25.1 Å². The molecule has 3 aliphatic rings. The second kappa shape index (κ2) is 10.8. The van der Waals surface area contributed by atoms with E-state index in [0.717, 1.165) is 12.1 Å². The molecule has 3 aliphatic carbocycles. The number of likely N-dealkylation sites (N-methyl/N-ethyl adjacent to an activating group) is 1. The number of hydrogen-bond donors (Lipinski definition) is 5. The van der Waals surface area contributed by atoms with Crippen molar-refractivity contribution in [3.05, 3.63) is 22.8 Å². The molecular weight excluding hydrogens is 528 g/mol. The van der Waals surface area contributed by atoms with Gasteiger partial charge in [0.15, 0.2) is 23.0 Å². The van der Waals surface area contributed by atoms with E-state index in [1.165, 1.54) is 0 Å². The summed E-state index contributed by atoms with van der Waals surface area (Å²) in [5, 5.41) is 37.5. The van der Waals surface area contributed by atoms with Crippen molar-refractivity contribution in [3.63, 3.8) is 0 Å². The number of aliphatic hydroxyl groups excluding tert-OH is 1. The maximum atomic E-state index is 14.1. The number of anilines is 1. The van der Waals surface area contributed by atoms with Crippen molar-refractivity contribution >= 4 is 28.9 Å². The second-order valence-corrected chi connectivity index (χ2v) is 13.6. The van der Waals surface area contributed by atoms with Crippen LogP contribution in [-0.2, 0) is 27.3 Å². The first-order valence-electron chi connectivity index (χ1n) is 14.2. The Bertz CT molecular complexity index is 1270. The molecule has 4 rings (SSSR count). The summed E-state index contributed by atoms with van der Waals surface area (Å²) in [4.78, 5) is 57.3. The zero-order chi connectivity index (χ0) is 30.8. The molecule has 1 amide bonds. The number of nitrogens with one attached hydrogen (secondary N) is 1. The van der Waals surface area contributed by atoms with Crippen molar-refractivity contribution in [1.29, 1.82) is 0 Å². The normalized spacial score (nSPS) is 31.5. The smallest absolute Gasteiger partial charge is 0.230 e. The summed E-state index contributed by atoms with van der Waals surface area (Å²) in [7, 11) is 6.93. The van der Waals surface area contributed by atoms with E-state index in [9.17, 15) is 34.5 Å². The molecule has 2 saturated carbocycles. The van der Waals surface area contributed by atoms with Gasteiger partial charge in [-0.2, -0.15) is 0 Å². The first kappa shape index (κ1) is 31.1. The standard InChI is InChI=1S/C30H44N4O7/c1-29(2,3)8-9-32-13-15-12-18(33(4)5)16-10-14-11-17-22(34(6)7)25(37)21(28(31)40)27(39)30(17,41)26(38)19(14)24(36)20(16)23(15)35/h12,14,17,19,21-22,25,32,35,37,41H,8-11,13H2,1-7H3,(H2,31,40)/t14-,17-,19?,21?,22?,25?,30-/m1/s1. The van der Waals surface area contributed by atoms with Gasteiger partial charge >= 0.3 is 0 Å². The molecule has 0 spiro atoms. The number of hydrogen-bond acceptors (Lipinski definition) is 10. The number of benzene rings is 1. The van der Waals surface area contributed by atoms with Crippen LogP contribution < -0.4 is 16.0 Å². The maximum Gasteiger partial charge on any atom is 0.230 e. The number of nitrogens with two attached hydrogens (primary N) is 1. The number of ketones is 3. The Kier molecular flexibility index (Phi) is 8.16. The molecular formula is C30H44N4O7. The first-order valence-corrected chi connectivity index (χ1v) is 14.2. The maximum absolute atomic E-state index is 14.1. The number of carbonyl (C=O) groups excluding carboxylic acids is 4. The molecule has 7 atom stereocenters. The van der Waals surface area contributed by atoms with Crippen LogP contribution in [0, 0.1) is 29.1 Å². The minimum Gasteiger partial charge on any atom is -0.507 e. The Hall–Kier alpha value is -2.86. The molecule has 11 nitrogen and oxygen atoms in total. The summed E-state index contributed by atoms with van der Waals surface area (Å²) in [5.74, 6) is -8.99. The SMILES string of the molecule is CN(C)c1cc(CNCCC(C)(C)C)c(O)c2c1C[C@@H]1C[C@@H]3C(N(C)C)C(O)C(C(N)=O)C(=O)[C@]3(O)C(=O)C1C2=O. The lowest BCUT2D eigenvalue weighted by molar-refractivity contribution is -0.190. The van der Waals surface area contributed by atoms with Crippen molar-refractivity contribution < 1.29 is 34.5 Å². The van der Waals surface area contributed by atoms with Crippen LogP contribution in [0.4, 0.5) is 5.69 Å². The predicted octanol–water partition coefficient (Wildman–Crippen LogP) is 0.251. The fourth-order valence-corrected chi connectivity index (χ4v) is 7.14. The summed E-state index contributed by atoms with van der Waals surface area (Å²) < 4.78 is 0. The van der Waals surface area contributed by atoms with Gasteiger partial charge in [0.1, 0.15) is 11.7 Å². The minimum atomic E-state index is -2.67. The molecule has 0 saturated heterocycles. The summed E-state index contributed by atoms with van der Waals surface area (Å²) in [6.45, 7) is 7.40. The molecule has 226 valence electrons. The molecule has 0 radical (unpaired) electrons. The quantitative estimate of drug-likeness (QED) is 0.225. The number of rotatable bonds is 7. The van der Waals surface area contributed by atoms with Crippen LogP contribution in [0.1, 0.15) is 55.1 Å². The predicted molar refractivity (Wildman–Crippen MR) is 152 cm³/mol. The van der Waals surface area contributed by atoms with Crippen molar-refractivity contribution in [2.45, 2.75) is 64.3 Å². The van der Waals surface area contributed by atoms with Crippen molar-refractivity contribution in [2.24, 2.45) is 34.8 Å². The highest BCUT2D eigenvalue weighted by Crippen LogP contribution is 2.52. The van der Waals surface area contributed by atoms with Crippen molar-refractivity contribution in [3.8, 4) is 5.75 Å². The fraction of sp³-hybridized carbons (Fsp3) is 0.667. The van der Waals surface area contributed by atoms with Gasteiger partial charge in [-0.1, -0.05) is 20.8 Å². The minimum absolute atomic E-state index is 0.0272. The number of aromatic hydroxyl groups is 1. The zero-order valence-corrected chi connectivity index (χ0v) is 25.0. The van der Waals surface area contributed by atoms with Crippen molar-refractivity contribution in [1.82, 2.24) is 10.2 Å². The average molecular weight is 573 g/mol. The van der Waals surface area contributed by atoms with E-state index in [4.69, 9.17) is 5.73 Å². The van der Waals surface area contributed by atoms with Crippen LogP contribution in [0.3, 0.4) is 0 Å². The number of phenolic OH excluding ortho intramolecular Hbond substituents is 1. The summed E-state index contributed by atoms with van der Waals surface area (Å²) in [6, 6.07) is 0.917. The summed E-state index contributed by atoms with van der Waals surface area (Å²) >= 11 is 0. The highest BCUT2D eigenvalue weighted by atomic mass is 16.3. The lowest BCUT2D eigenvalue weighted by atomic mass is 9.52. The van der Waals surface area contributed by atoms with Gasteiger partial charge in [0.05, 0.1) is 17.6 Å². The van der Waals surface area contributed by atoms with Gasteiger partial charge in [0, 0.05) is 43.9 Å². The number of phenols is 1. The molecule has 0 aliphatic heterocycles. The van der Waals surface area contributed by atoms with E-state index in [1.54, 1.807) is 19.0 Å². The molecule has 6 N–H and O–H groups in total. The van der Waals surface area contributed by atoms with E-state index in [-0.39, 0.29) is 29.6 Å². The van der Waals surface area contributed by atoms with Gasteiger partial charge in [-0.25, -0.2) is 0 Å². The van der Waals surface area contributed by atoms with Crippen LogP contribution in [0.25, 0.3) is 0 Å². The van der Waals surface area contributed by atoms with E-state index in [0.29, 0.717) is 24.2 Å². The molecule has 1 aromatic carbocycles. The lowest BCUT2D eigenvalue weighted by Crippen LogP contribution is -2.75. The Morgan fingerprint density at radius 1 is 1.15 bits per heavy atom. The van der Waals surface area contributed by atoms with E-state index in [2.05, 4.69) is 26.1 Å². The number of aliphatic hydroxyl groups is 2. The van der Waals surface area contributed by atoms with Gasteiger partial charge < -0.3 is 36.2 Å². The third-order valence-electron chi connectivity index (χ3n) is 9.19. The van der Waals surface area contributed by atoms with Gasteiger partial charge in [0.2, 0.25) is 5.91 Å². The van der Waals surface area contributed by atoms with Gasteiger partial charge in [0.25, 0.3) is 0 Å². The van der Waals surface area contributed by atoms with Gasteiger partial charge in [-0.3, -0.25) is 19.2 Å². The zero-order valence-electron chi connectivity index (χ0n) is 25.0. The Labute approximate surface area is 241 Å². The molecule has 0 heterocycles. The molecule has 4 unspecified atom stereocenters. The lowest BCUT2D eigenvalue weighted by Gasteiger charge is -2.55. The average Bonchev–Trinajstić information content (AvgIpc) is 2.83. The Morgan fingerprint density at radius 2 is 1.78 bits per heavy atom. The number of nitrogens with zero attached hydrogens (tertiary/aromatic N) is 2. The molecule has 0 aromatic heterocycles. The largest absolute Gasteiger partial charge is 0.507 e. The number of primary amides is 1. The van der Waals surface area contributed by atoms with E-state index >= 15 is 0 Å². The van der Waals surface area contributed by atoms with Crippen LogP contribution in [0.2, 0.25) is 0 Å². The first-order chi connectivity index (χ1) is 18.9. The van der Waals surface area contributed by atoms with Crippen molar-refractivity contribution in [2.75, 3.05) is 39.6 Å². The van der Waals surface area contributed by atoms with Crippen LogP contribution >= 0.6 is 0 Å². The molecule has 0 bridgehead atoms. The number of amides is 1. The summed E-state index contributed by atoms with van der Waals surface area (Å²) in [6.07, 6.45) is -0.282. The monoisotopic (exact) mass is 572 g/mol. The molecule has 41 heavy (non-hydrogen) atoms. The topological polar surface area (TPSA) is 173 Å². The second-order valence-electron chi connectivity index (χ2n) is 13.6. The fourth-order valence-electron chi connectivity index (χ4n) is 7.14. The van der Waals surface area contributed by atoms with Crippen LogP contribution in [0.15, 0.2) is 6.07 Å². The third kappa shape index (κ3) is 5.07. The Morgan fingerprint density at radius 3 is 2.32 bits per heavy atom. The number of carbonyl (C=O) groups is 4. The summed E-state index contributed by atoms with van der Waals surface area (Å²) in [5.41, 5.74) is 4.77. The molecule has 11 heteroatoms. The molecule has 2 fully saturated rings. The highest BCUT2D eigenvalue weighted by Gasteiger charge is 2.69. The Balaban J connectivity index is 1.78. The number of fused-ring (bicyclic) bond motifs is 3. The van der Waals surface area contributed by atoms with Gasteiger partial charge in [-0.15, -0.1) is 0 Å². The van der Waals surface area contributed by atoms with E-state index < -0.39 is 64.7 Å². The number of Topliss-reactive ketones (excluding diaryl/α,β-unsaturated/α-hetero) is 3. The van der Waals surface area contributed by atoms with Gasteiger partial charge in [-0.05, 0) is 62.9 Å². The molecule has 1 aromatic rings. The highest BCUT2D eigenvalue weighted by molar-refractivity contribution is 6.25. The van der Waals surface area contributed by atoms with Crippen LogP contribution in [-0.4, -0.2) is 96.0 Å². The van der Waals surface area contributed by atoms with Crippen LogP contribution in [0.5, 0.6) is 5.75 Å². The third-order valence-corrected chi connectivity index (χ3v) is 9.19.